The topological polar surface area (TPSA) is 165 Å². The van der Waals surface area contributed by atoms with Crippen molar-refractivity contribution in [2.24, 2.45) is 16.5 Å². The van der Waals surface area contributed by atoms with E-state index in [2.05, 4.69) is 20.6 Å². The molecule has 3 aromatic rings. The fourth-order valence-corrected chi connectivity index (χ4v) is 4.18. The molecule has 1 aromatic heterocycles. The lowest BCUT2D eigenvalue weighted by Gasteiger charge is -2.28. The first-order chi connectivity index (χ1) is 19.5. The third kappa shape index (κ3) is 9.57. The number of amides is 4. The van der Waals surface area contributed by atoms with Crippen LogP contribution in [0.25, 0.3) is 10.8 Å². The lowest BCUT2D eigenvalue weighted by molar-refractivity contribution is -0.132. The van der Waals surface area contributed by atoms with Gasteiger partial charge in [0.15, 0.2) is 5.96 Å². The molecular weight excluding hydrogens is 560 g/mol. The lowest BCUT2D eigenvalue weighted by Crippen LogP contribution is -2.42. The van der Waals surface area contributed by atoms with E-state index in [1.54, 1.807) is 19.2 Å². The van der Waals surface area contributed by atoms with Gasteiger partial charge >= 0.3 is 12.1 Å². The number of hydrogen-bond donors (Lipinski definition) is 4. The Kier molecular flexibility index (Phi) is 11.2. The SMILES string of the molecule is CN(C(=O)CCc1cccc(F)c1Cl)[C@@H](CCCNC(N)=NC(N)=O)COC(=O)Nc1cc2cc(F)ccc2cn1. The number of halogens is 3. The van der Waals surface area contributed by atoms with Crippen LogP contribution in [0.3, 0.4) is 0 Å². The highest BCUT2D eigenvalue weighted by Crippen LogP contribution is 2.22. The Balaban J connectivity index is 1.61. The Morgan fingerprint density at radius 3 is 2.68 bits per heavy atom. The summed E-state index contributed by atoms with van der Waals surface area (Å²) in [7, 11) is 1.57. The number of hydrogen-bond acceptors (Lipinski definition) is 5. The summed E-state index contributed by atoms with van der Waals surface area (Å²) in [5.74, 6) is -1.26. The quantitative estimate of drug-likeness (QED) is 0.149. The molecule has 0 radical (unpaired) electrons. The molecule has 0 fully saturated rings. The smallest absolute Gasteiger partial charge is 0.412 e. The molecule has 0 aliphatic carbocycles. The molecule has 2 aromatic carbocycles. The van der Waals surface area contributed by atoms with Crippen LogP contribution in [-0.2, 0) is 16.0 Å². The molecule has 11 nitrogen and oxygen atoms in total. The molecule has 0 unspecified atom stereocenters. The van der Waals surface area contributed by atoms with Crippen LogP contribution in [0.1, 0.15) is 24.8 Å². The number of carbonyl (C=O) groups excluding carboxylic acids is 3. The van der Waals surface area contributed by atoms with Crippen molar-refractivity contribution in [3.63, 3.8) is 0 Å². The van der Waals surface area contributed by atoms with Gasteiger partial charge in [-0.2, -0.15) is 4.99 Å². The minimum atomic E-state index is -0.943. The third-order valence-electron chi connectivity index (χ3n) is 6.15. The van der Waals surface area contributed by atoms with Crippen LogP contribution in [0.15, 0.2) is 53.7 Å². The first kappa shape index (κ1) is 31.0. The molecule has 0 bridgehead atoms. The van der Waals surface area contributed by atoms with Crippen molar-refractivity contribution in [2.75, 3.05) is 25.5 Å². The monoisotopic (exact) mass is 589 g/mol. The van der Waals surface area contributed by atoms with Crippen LogP contribution in [0, 0.1) is 11.6 Å². The van der Waals surface area contributed by atoms with Crippen LogP contribution in [-0.4, -0.2) is 60.1 Å². The Morgan fingerprint density at radius 2 is 1.93 bits per heavy atom. The van der Waals surface area contributed by atoms with Gasteiger partial charge in [-0.15, -0.1) is 0 Å². The number of nitrogens with zero attached hydrogens (tertiary/aromatic N) is 3. The highest BCUT2D eigenvalue weighted by molar-refractivity contribution is 6.31. The van der Waals surface area contributed by atoms with Crippen LogP contribution >= 0.6 is 11.6 Å². The van der Waals surface area contributed by atoms with Gasteiger partial charge in [0.2, 0.25) is 5.91 Å². The summed E-state index contributed by atoms with van der Waals surface area (Å²) in [6.07, 6.45) is 1.75. The number of urea groups is 1. The van der Waals surface area contributed by atoms with E-state index < -0.39 is 29.8 Å². The molecule has 6 N–H and O–H groups in total. The predicted molar refractivity (Wildman–Crippen MR) is 151 cm³/mol. The van der Waals surface area contributed by atoms with Gasteiger partial charge in [0.25, 0.3) is 0 Å². The second-order valence-electron chi connectivity index (χ2n) is 9.06. The Labute approximate surface area is 239 Å². The number of likely N-dealkylation sites (N-methyl/N-ethyl adjacent to an activating group) is 1. The number of benzene rings is 2. The van der Waals surface area contributed by atoms with E-state index >= 15 is 0 Å². The second-order valence-corrected chi connectivity index (χ2v) is 9.44. The summed E-state index contributed by atoms with van der Waals surface area (Å²) < 4.78 is 32.7. The van der Waals surface area contributed by atoms with Gasteiger partial charge in [0, 0.05) is 31.6 Å². The molecule has 1 heterocycles. The third-order valence-corrected chi connectivity index (χ3v) is 6.58. The summed E-state index contributed by atoms with van der Waals surface area (Å²) >= 11 is 6.01. The number of fused-ring (bicyclic) bond motifs is 1. The van der Waals surface area contributed by atoms with E-state index in [0.717, 1.165) is 0 Å². The van der Waals surface area contributed by atoms with Crippen molar-refractivity contribution in [3.05, 3.63) is 70.9 Å². The van der Waals surface area contributed by atoms with E-state index in [0.29, 0.717) is 35.7 Å². The van der Waals surface area contributed by atoms with Gasteiger partial charge in [-0.1, -0.05) is 23.7 Å². The number of primary amides is 1. The number of guanidine groups is 1. The van der Waals surface area contributed by atoms with Crippen molar-refractivity contribution in [1.29, 1.82) is 0 Å². The first-order valence-corrected chi connectivity index (χ1v) is 13.0. The number of aliphatic imine (C=N–C) groups is 1. The molecule has 0 spiro atoms. The number of anilines is 1. The van der Waals surface area contributed by atoms with E-state index in [1.165, 1.54) is 41.4 Å². The van der Waals surface area contributed by atoms with Gasteiger partial charge in [0.1, 0.15) is 24.1 Å². The Hall–Kier alpha value is -4.52. The Morgan fingerprint density at radius 1 is 1.15 bits per heavy atom. The van der Waals surface area contributed by atoms with Crippen molar-refractivity contribution in [1.82, 2.24) is 15.2 Å². The predicted octanol–water partition coefficient (Wildman–Crippen LogP) is 3.94. The fourth-order valence-electron chi connectivity index (χ4n) is 3.96. The maximum Gasteiger partial charge on any atom is 0.412 e. The van der Waals surface area contributed by atoms with Crippen LogP contribution in [0.5, 0.6) is 0 Å². The summed E-state index contributed by atoms with van der Waals surface area (Å²) in [6, 6.07) is 8.60. The van der Waals surface area contributed by atoms with Gasteiger partial charge < -0.3 is 26.4 Å². The molecule has 4 amide bonds. The molecule has 3 rings (SSSR count). The number of nitrogens with one attached hydrogen (secondary N) is 2. The standard InChI is InChI=1S/C27H30ClF2N7O4/c1-37(23(38)10-8-16-4-2-6-21(30)24(16)28)20(5-3-11-33-25(31)36-26(32)39)15-41-27(40)35-22-13-18-12-19(29)9-7-17(18)14-34-22/h2,4,6-7,9,12-14,20H,3,5,8,10-11,15H2,1H3,(H,34,35,40)(H5,31,32,33,36,39)/t20-/m0/s1. The highest BCUT2D eigenvalue weighted by Gasteiger charge is 2.22. The molecule has 0 aliphatic heterocycles. The molecule has 0 saturated heterocycles. The summed E-state index contributed by atoms with van der Waals surface area (Å²) in [5, 5.41) is 6.43. The number of nitrogens with two attached hydrogens (primary N) is 2. The van der Waals surface area contributed by atoms with E-state index in [9.17, 15) is 23.2 Å². The average Bonchev–Trinajstić information content (AvgIpc) is 2.92. The minimum absolute atomic E-state index is 0.0363. The molecule has 218 valence electrons. The average molecular weight is 590 g/mol. The van der Waals surface area contributed by atoms with E-state index in [1.807, 2.05) is 0 Å². The molecule has 0 saturated carbocycles. The largest absolute Gasteiger partial charge is 0.447 e. The van der Waals surface area contributed by atoms with Gasteiger partial charge in [-0.25, -0.2) is 23.4 Å². The number of aromatic nitrogens is 1. The van der Waals surface area contributed by atoms with Crippen LogP contribution in [0.2, 0.25) is 5.02 Å². The maximum atomic E-state index is 13.8. The summed E-state index contributed by atoms with van der Waals surface area (Å²) in [6.45, 7) is 0.131. The van der Waals surface area contributed by atoms with Crippen molar-refractivity contribution in [3.8, 4) is 0 Å². The van der Waals surface area contributed by atoms with Gasteiger partial charge in [0.05, 0.1) is 11.1 Å². The Bertz CT molecular complexity index is 1440. The van der Waals surface area contributed by atoms with Crippen molar-refractivity contribution in [2.45, 2.75) is 31.7 Å². The zero-order valence-electron chi connectivity index (χ0n) is 22.2. The number of aryl methyl sites for hydroxylation is 1. The minimum Gasteiger partial charge on any atom is -0.447 e. The van der Waals surface area contributed by atoms with Crippen LogP contribution < -0.4 is 22.1 Å². The first-order valence-electron chi connectivity index (χ1n) is 12.6. The normalized spacial score (nSPS) is 12.0. The van der Waals surface area contributed by atoms with E-state index in [-0.39, 0.29) is 42.2 Å². The molecule has 1 atom stereocenters. The van der Waals surface area contributed by atoms with Crippen molar-refractivity contribution >= 4 is 52.2 Å². The molecule has 14 heteroatoms. The van der Waals surface area contributed by atoms with Gasteiger partial charge in [-0.3, -0.25) is 10.1 Å². The maximum absolute atomic E-state index is 13.8. The van der Waals surface area contributed by atoms with Gasteiger partial charge in [-0.05, 0) is 60.5 Å². The highest BCUT2D eigenvalue weighted by atomic mass is 35.5. The molecule has 0 aliphatic rings. The zero-order chi connectivity index (χ0) is 29.9. The van der Waals surface area contributed by atoms with Crippen molar-refractivity contribution < 1.29 is 27.9 Å². The molecule has 41 heavy (non-hydrogen) atoms. The lowest BCUT2D eigenvalue weighted by atomic mass is 10.1. The number of carbonyl (C=O) groups is 3. The van der Waals surface area contributed by atoms with E-state index in [4.69, 9.17) is 27.8 Å². The number of pyridine rings is 1. The number of ether oxygens (including phenoxy) is 1. The fraction of sp³-hybridized carbons (Fsp3) is 0.296. The second kappa shape index (κ2) is 14.7. The molecular formula is C27H30ClF2N7O4. The zero-order valence-corrected chi connectivity index (χ0v) is 23.0. The summed E-state index contributed by atoms with van der Waals surface area (Å²) in [5.41, 5.74) is 11.0. The number of rotatable bonds is 11. The van der Waals surface area contributed by atoms with Crippen LogP contribution in [0.4, 0.5) is 24.2 Å². The summed E-state index contributed by atoms with van der Waals surface area (Å²) in [4.78, 5) is 45.3.